The Bertz CT molecular complexity index is 865. The van der Waals surface area contributed by atoms with Crippen LogP contribution in [-0.2, 0) is 11.3 Å². The number of amides is 1. The van der Waals surface area contributed by atoms with E-state index < -0.39 is 0 Å². The zero-order valence-electron chi connectivity index (χ0n) is 14.1. The maximum absolute atomic E-state index is 12.9. The molecular formula is C17H21N3O2S2. The van der Waals surface area contributed by atoms with Crippen LogP contribution in [0, 0.1) is 13.8 Å². The lowest BCUT2D eigenvalue weighted by atomic mass is 10.2. The Morgan fingerprint density at radius 3 is 2.88 bits per heavy atom. The number of aryl methyl sites for hydroxylation is 2. The first-order valence-corrected chi connectivity index (χ1v) is 9.70. The Labute approximate surface area is 149 Å². The van der Waals surface area contributed by atoms with Crippen molar-refractivity contribution in [2.45, 2.75) is 56.6 Å². The number of allylic oxidation sites excluding steroid dienone is 1. The van der Waals surface area contributed by atoms with Crippen molar-refractivity contribution in [1.82, 2.24) is 14.9 Å². The van der Waals surface area contributed by atoms with Crippen LogP contribution < -0.4 is 10.9 Å². The molecule has 7 heteroatoms. The van der Waals surface area contributed by atoms with Crippen LogP contribution in [-0.4, -0.2) is 26.8 Å². The van der Waals surface area contributed by atoms with Crippen molar-refractivity contribution < 1.29 is 4.79 Å². The lowest BCUT2D eigenvalue weighted by Crippen LogP contribution is -2.33. The van der Waals surface area contributed by atoms with Gasteiger partial charge in [0, 0.05) is 17.5 Å². The molecule has 0 saturated heterocycles. The van der Waals surface area contributed by atoms with E-state index in [0.717, 1.165) is 28.1 Å². The third-order valence-electron chi connectivity index (χ3n) is 4.14. The van der Waals surface area contributed by atoms with Crippen molar-refractivity contribution in [3.05, 3.63) is 33.4 Å². The largest absolute Gasteiger partial charge is 0.352 e. The number of hydrogen-bond donors (Lipinski definition) is 1. The monoisotopic (exact) mass is 363 g/mol. The van der Waals surface area contributed by atoms with Crippen LogP contribution in [0.25, 0.3) is 10.2 Å². The zero-order chi connectivity index (χ0) is 17.4. The number of aromatic nitrogens is 2. The van der Waals surface area contributed by atoms with Crippen LogP contribution in [0.3, 0.4) is 0 Å². The molecule has 24 heavy (non-hydrogen) atoms. The minimum atomic E-state index is -0.298. The van der Waals surface area contributed by atoms with Gasteiger partial charge in [-0.25, -0.2) is 4.98 Å². The number of nitrogens with one attached hydrogen (secondary N) is 1. The zero-order valence-corrected chi connectivity index (χ0v) is 15.7. The van der Waals surface area contributed by atoms with E-state index in [1.54, 1.807) is 10.6 Å². The molecule has 0 spiro atoms. The molecule has 0 aliphatic heterocycles. The first kappa shape index (κ1) is 17.2. The summed E-state index contributed by atoms with van der Waals surface area (Å²) >= 11 is 2.86. The number of thioether (sulfide) groups is 1. The van der Waals surface area contributed by atoms with Gasteiger partial charge in [-0.1, -0.05) is 17.8 Å². The number of carbonyl (C=O) groups excluding carboxylic acids is 1. The maximum atomic E-state index is 12.9. The first-order chi connectivity index (χ1) is 11.4. The molecule has 2 heterocycles. The summed E-state index contributed by atoms with van der Waals surface area (Å²) in [5, 5.41) is 3.96. The van der Waals surface area contributed by atoms with Gasteiger partial charge in [0.25, 0.3) is 5.56 Å². The van der Waals surface area contributed by atoms with Crippen molar-refractivity contribution >= 4 is 39.2 Å². The molecule has 1 amide bonds. The van der Waals surface area contributed by atoms with Crippen molar-refractivity contribution in [3.63, 3.8) is 0 Å². The minimum absolute atomic E-state index is 0.000500. The quantitative estimate of drug-likeness (QED) is 0.487. The Morgan fingerprint density at radius 1 is 1.54 bits per heavy atom. The number of fused-ring (bicyclic) bond motifs is 1. The molecule has 128 valence electrons. The van der Waals surface area contributed by atoms with Crippen molar-refractivity contribution in [1.29, 1.82) is 0 Å². The molecule has 2 aromatic rings. The third kappa shape index (κ3) is 3.28. The Hall–Kier alpha value is -1.60. The van der Waals surface area contributed by atoms with E-state index in [2.05, 4.69) is 16.9 Å². The second-order valence-corrected chi connectivity index (χ2v) is 8.62. The summed E-state index contributed by atoms with van der Waals surface area (Å²) in [6, 6.07) is 0.328. The summed E-state index contributed by atoms with van der Waals surface area (Å²) < 4.78 is 1.61. The van der Waals surface area contributed by atoms with E-state index in [4.69, 9.17) is 0 Å². The number of carbonyl (C=O) groups is 1. The molecule has 5 nitrogen and oxygen atoms in total. The fourth-order valence-electron chi connectivity index (χ4n) is 2.45. The van der Waals surface area contributed by atoms with Crippen molar-refractivity contribution in [3.8, 4) is 0 Å². The highest BCUT2D eigenvalue weighted by atomic mass is 32.2. The van der Waals surface area contributed by atoms with Gasteiger partial charge < -0.3 is 5.32 Å². The van der Waals surface area contributed by atoms with Gasteiger partial charge in [-0.15, -0.1) is 17.9 Å². The molecule has 0 unspecified atom stereocenters. The summed E-state index contributed by atoms with van der Waals surface area (Å²) in [5.41, 5.74) is 0.931. The molecule has 0 radical (unpaired) electrons. The highest BCUT2D eigenvalue weighted by molar-refractivity contribution is 8.00. The average molecular weight is 364 g/mol. The number of hydrogen-bond acceptors (Lipinski definition) is 5. The molecule has 1 saturated carbocycles. The van der Waals surface area contributed by atoms with Crippen LogP contribution in [0.15, 0.2) is 22.6 Å². The molecule has 1 fully saturated rings. The van der Waals surface area contributed by atoms with E-state index in [0.29, 0.717) is 23.1 Å². The predicted octanol–water partition coefficient (Wildman–Crippen LogP) is 3.02. The minimum Gasteiger partial charge on any atom is -0.352 e. The standard InChI is InChI=1S/C17H21N3O2S2/c1-5-8-20-16(22)13-9(2)10(3)23-15(13)19-17(20)24-11(4)14(21)18-12-6-7-12/h5,11-12H,1,6-8H2,2-4H3,(H,18,21)/t11-/m0/s1. The Morgan fingerprint density at radius 2 is 2.25 bits per heavy atom. The molecule has 2 aromatic heterocycles. The van der Waals surface area contributed by atoms with Gasteiger partial charge in [0.15, 0.2) is 5.16 Å². The summed E-state index contributed by atoms with van der Waals surface area (Å²) in [6.45, 7) is 9.92. The third-order valence-corrected chi connectivity index (χ3v) is 6.33. The summed E-state index contributed by atoms with van der Waals surface area (Å²) in [4.78, 5) is 31.6. The van der Waals surface area contributed by atoms with E-state index in [9.17, 15) is 9.59 Å². The van der Waals surface area contributed by atoms with Crippen LogP contribution in [0.1, 0.15) is 30.2 Å². The van der Waals surface area contributed by atoms with Crippen LogP contribution >= 0.6 is 23.1 Å². The predicted molar refractivity (Wildman–Crippen MR) is 100 cm³/mol. The SMILES string of the molecule is C=CCn1c(S[C@@H](C)C(=O)NC2CC2)nc2sc(C)c(C)c2c1=O. The van der Waals surface area contributed by atoms with E-state index in [-0.39, 0.29) is 16.7 Å². The van der Waals surface area contributed by atoms with Crippen LogP contribution in [0.2, 0.25) is 0 Å². The second-order valence-electron chi connectivity index (χ2n) is 6.11. The van der Waals surface area contributed by atoms with Gasteiger partial charge in [-0.2, -0.15) is 0 Å². The van der Waals surface area contributed by atoms with Gasteiger partial charge in [0.2, 0.25) is 5.91 Å². The Kier molecular flexibility index (Phi) is 4.83. The lowest BCUT2D eigenvalue weighted by molar-refractivity contribution is -0.120. The second kappa shape index (κ2) is 6.72. The van der Waals surface area contributed by atoms with E-state index >= 15 is 0 Å². The average Bonchev–Trinajstić information content (AvgIpc) is 3.29. The van der Waals surface area contributed by atoms with Gasteiger partial charge in [-0.3, -0.25) is 14.2 Å². The summed E-state index contributed by atoms with van der Waals surface area (Å²) in [6.07, 6.45) is 3.80. The number of rotatable bonds is 6. The molecule has 1 aliphatic rings. The fourth-order valence-corrected chi connectivity index (χ4v) is 4.44. The van der Waals surface area contributed by atoms with Crippen molar-refractivity contribution in [2.75, 3.05) is 0 Å². The fraction of sp³-hybridized carbons (Fsp3) is 0.471. The molecular weight excluding hydrogens is 342 g/mol. The summed E-state index contributed by atoms with van der Waals surface area (Å²) in [5.74, 6) is 0.000500. The number of nitrogens with zero attached hydrogens (tertiary/aromatic N) is 2. The van der Waals surface area contributed by atoms with Crippen LogP contribution in [0.4, 0.5) is 0 Å². The topological polar surface area (TPSA) is 64.0 Å². The van der Waals surface area contributed by atoms with Crippen molar-refractivity contribution in [2.24, 2.45) is 0 Å². The van der Waals surface area contributed by atoms with Gasteiger partial charge in [-0.05, 0) is 39.2 Å². The van der Waals surface area contributed by atoms with Gasteiger partial charge >= 0.3 is 0 Å². The molecule has 3 rings (SSSR count). The molecule has 0 bridgehead atoms. The van der Waals surface area contributed by atoms with Gasteiger partial charge in [0.05, 0.1) is 10.6 Å². The molecule has 0 aromatic carbocycles. The highest BCUT2D eigenvalue weighted by Crippen LogP contribution is 2.30. The Balaban J connectivity index is 1.98. The van der Waals surface area contributed by atoms with E-state index in [1.165, 1.54) is 23.1 Å². The first-order valence-electron chi connectivity index (χ1n) is 8.00. The smallest absolute Gasteiger partial charge is 0.263 e. The lowest BCUT2D eigenvalue weighted by Gasteiger charge is -2.14. The maximum Gasteiger partial charge on any atom is 0.263 e. The number of thiophene rings is 1. The normalized spacial score (nSPS) is 15.5. The highest BCUT2D eigenvalue weighted by Gasteiger charge is 2.27. The summed E-state index contributed by atoms with van der Waals surface area (Å²) in [7, 11) is 0. The molecule has 1 atom stereocenters. The molecule has 1 aliphatic carbocycles. The van der Waals surface area contributed by atoms with E-state index in [1.807, 2.05) is 20.8 Å². The van der Waals surface area contributed by atoms with Gasteiger partial charge in [0.1, 0.15) is 4.83 Å². The molecule has 1 N–H and O–H groups in total. The van der Waals surface area contributed by atoms with Crippen LogP contribution in [0.5, 0.6) is 0 Å².